The Labute approximate surface area is 202 Å². The van der Waals surface area contributed by atoms with E-state index in [0.29, 0.717) is 58.9 Å². The van der Waals surface area contributed by atoms with E-state index in [1.54, 1.807) is 38.3 Å². The summed E-state index contributed by atoms with van der Waals surface area (Å²) < 4.78 is 31.5. The van der Waals surface area contributed by atoms with Gasteiger partial charge < -0.3 is 24.5 Å². The summed E-state index contributed by atoms with van der Waals surface area (Å²) in [5.41, 5.74) is 2.58. The Morgan fingerprint density at radius 1 is 1.09 bits per heavy atom. The van der Waals surface area contributed by atoms with E-state index in [4.69, 9.17) is 14.2 Å². The van der Waals surface area contributed by atoms with Crippen LogP contribution in [-0.4, -0.2) is 41.2 Å². The molecule has 35 heavy (non-hydrogen) atoms. The van der Waals surface area contributed by atoms with E-state index in [2.05, 4.69) is 20.3 Å². The summed E-state index contributed by atoms with van der Waals surface area (Å²) in [5.74, 6) is 1.03. The number of methoxy groups -OCH3 is 1. The van der Waals surface area contributed by atoms with Crippen molar-refractivity contribution in [3.8, 4) is 11.5 Å². The lowest BCUT2D eigenvalue weighted by molar-refractivity contribution is -0.143. The molecule has 0 fully saturated rings. The van der Waals surface area contributed by atoms with Gasteiger partial charge in [0.2, 0.25) is 0 Å². The number of benzene rings is 2. The van der Waals surface area contributed by atoms with Crippen LogP contribution < -0.4 is 14.8 Å². The van der Waals surface area contributed by atoms with Crippen LogP contribution in [0.1, 0.15) is 38.3 Å². The molecule has 0 aliphatic rings. The highest BCUT2D eigenvalue weighted by molar-refractivity contribution is 5.94. The number of hydrogen-bond acceptors (Lipinski definition) is 7. The van der Waals surface area contributed by atoms with Crippen molar-refractivity contribution in [2.24, 2.45) is 0 Å². The molecule has 0 radical (unpaired) electrons. The van der Waals surface area contributed by atoms with Crippen molar-refractivity contribution in [3.05, 3.63) is 48.2 Å². The number of anilines is 2. The molecular weight excluding hydrogens is 451 g/mol. The number of unbranched alkanes of at least 4 members (excludes halogenated alkanes) is 2. The Balaban J connectivity index is 1.48. The monoisotopic (exact) mass is 480 g/mol. The van der Waals surface area contributed by atoms with Gasteiger partial charge in [-0.05, 0) is 57.4 Å². The highest BCUT2D eigenvalue weighted by Gasteiger charge is 2.15. The fourth-order valence-electron chi connectivity index (χ4n) is 3.93. The van der Waals surface area contributed by atoms with Crippen LogP contribution in [-0.2, 0) is 9.53 Å². The average molecular weight is 481 g/mol. The van der Waals surface area contributed by atoms with Crippen LogP contribution in [0.5, 0.6) is 11.5 Å². The van der Waals surface area contributed by atoms with Gasteiger partial charge in [-0.2, -0.15) is 0 Å². The van der Waals surface area contributed by atoms with Crippen molar-refractivity contribution < 1.29 is 23.4 Å². The van der Waals surface area contributed by atoms with Gasteiger partial charge in [-0.15, -0.1) is 0 Å². The predicted molar refractivity (Wildman–Crippen MR) is 133 cm³/mol. The highest BCUT2D eigenvalue weighted by Crippen LogP contribution is 2.36. The summed E-state index contributed by atoms with van der Waals surface area (Å²) in [4.78, 5) is 23.2. The molecule has 2 N–H and O–H groups in total. The van der Waals surface area contributed by atoms with Crippen molar-refractivity contribution in [1.29, 1.82) is 0 Å². The number of rotatable bonds is 11. The molecule has 0 amide bonds. The number of esters is 1. The quantitative estimate of drug-likeness (QED) is 0.206. The standard InChI is InChI=1S/C26H29FN4O4/c1-4-34-24(32)8-6-5-7-11-35-23-14-21-18(13-22(23)33-3)26(29-15-28-21)31-20-10-9-19-17(25(20)27)12-16(2)30-19/h9-10,12-15,30H,4-8,11H2,1-3H3,(H,28,29,31). The van der Waals surface area contributed by atoms with Gasteiger partial charge in [-0.25, -0.2) is 14.4 Å². The van der Waals surface area contributed by atoms with Gasteiger partial charge in [0.15, 0.2) is 17.3 Å². The lowest BCUT2D eigenvalue weighted by Crippen LogP contribution is -2.04. The van der Waals surface area contributed by atoms with Crippen molar-refractivity contribution in [3.63, 3.8) is 0 Å². The molecule has 2 heterocycles. The van der Waals surface area contributed by atoms with Crippen molar-refractivity contribution in [1.82, 2.24) is 15.0 Å². The smallest absolute Gasteiger partial charge is 0.305 e. The Hall–Kier alpha value is -3.88. The van der Waals surface area contributed by atoms with Crippen molar-refractivity contribution in [2.45, 2.75) is 39.5 Å². The largest absolute Gasteiger partial charge is 0.493 e. The summed E-state index contributed by atoms with van der Waals surface area (Å²) in [5, 5.41) is 4.29. The molecule has 0 spiro atoms. The maximum atomic E-state index is 15.1. The van der Waals surface area contributed by atoms with E-state index in [-0.39, 0.29) is 11.8 Å². The Bertz CT molecular complexity index is 1340. The molecule has 4 rings (SSSR count). The van der Waals surface area contributed by atoms with Gasteiger partial charge in [0.1, 0.15) is 12.1 Å². The van der Waals surface area contributed by atoms with Crippen LogP contribution in [0.15, 0.2) is 36.7 Å². The van der Waals surface area contributed by atoms with Crippen LogP contribution in [0.4, 0.5) is 15.9 Å². The first-order valence-corrected chi connectivity index (χ1v) is 11.7. The molecule has 4 aromatic rings. The SMILES string of the molecule is CCOC(=O)CCCCCOc1cc2ncnc(Nc3ccc4[nH]c(C)cc4c3F)c2cc1OC. The highest BCUT2D eigenvalue weighted by atomic mass is 19.1. The van der Waals surface area contributed by atoms with Crippen LogP contribution in [0.2, 0.25) is 0 Å². The van der Waals surface area contributed by atoms with Crippen molar-refractivity contribution >= 4 is 39.3 Å². The first-order chi connectivity index (χ1) is 17.0. The normalized spacial score (nSPS) is 11.1. The topological polar surface area (TPSA) is 98.4 Å². The zero-order valence-electron chi connectivity index (χ0n) is 20.1. The number of aryl methyl sites for hydroxylation is 1. The number of carbonyl (C=O) groups excluding carboxylic acids is 1. The third kappa shape index (κ3) is 5.62. The lowest BCUT2D eigenvalue weighted by atomic mass is 10.1. The number of hydrogen-bond donors (Lipinski definition) is 2. The number of aromatic amines is 1. The minimum atomic E-state index is -0.353. The van der Waals surface area contributed by atoms with Gasteiger partial charge in [-0.1, -0.05) is 0 Å². The number of H-pyrrole nitrogens is 1. The first-order valence-electron chi connectivity index (χ1n) is 11.7. The molecule has 0 saturated heterocycles. The van der Waals surface area contributed by atoms with Gasteiger partial charge in [-0.3, -0.25) is 4.79 Å². The van der Waals surface area contributed by atoms with Crippen LogP contribution in [0, 0.1) is 12.7 Å². The summed E-state index contributed by atoms with van der Waals surface area (Å²) >= 11 is 0. The second-order valence-corrected chi connectivity index (χ2v) is 8.17. The predicted octanol–water partition coefficient (Wildman–Crippen LogP) is 5.81. The number of ether oxygens (including phenoxy) is 3. The third-order valence-electron chi connectivity index (χ3n) is 5.63. The number of aromatic nitrogens is 3. The summed E-state index contributed by atoms with van der Waals surface area (Å²) in [6.45, 7) is 4.57. The minimum Gasteiger partial charge on any atom is -0.493 e. The van der Waals surface area contributed by atoms with Gasteiger partial charge in [0.05, 0.1) is 31.5 Å². The van der Waals surface area contributed by atoms with E-state index in [9.17, 15) is 4.79 Å². The van der Waals surface area contributed by atoms with Crippen LogP contribution in [0.25, 0.3) is 21.8 Å². The number of halogens is 1. The van der Waals surface area contributed by atoms with E-state index in [1.807, 2.05) is 13.0 Å². The Morgan fingerprint density at radius 2 is 1.94 bits per heavy atom. The van der Waals surface area contributed by atoms with Crippen LogP contribution >= 0.6 is 0 Å². The second-order valence-electron chi connectivity index (χ2n) is 8.17. The fraction of sp³-hybridized carbons (Fsp3) is 0.346. The number of nitrogens with one attached hydrogen (secondary N) is 2. The van der Waals surface area contributed by atoms with Crippen LogP contribution in [0.3, 0.4) is 0 Å². The molecule has 0 atom stereocenters. The number of carbonyl (C=O) groups is 1. The number of fused-ring (bicyclic) bond motifs is 2. The summed E-state index contributed by atoms with van der Waals surface area (Å²) in [6, 6.07) is 8.85. The zero-order valence-corrected chi connectivity index (χ0v) is 20.1. The summed E-state index contributed by atoms with van der Waals surface area (Å²) in [6.07, 6.45) is 4.23. The first kappa shape index (κ1) is 24.3. The molecule has 0 unspecified atom stereocenters. The maximum Gasteiger partial charge on any atom is 0.305 e. The minimum absolute atomic E-state index is 0.170. The maximum absolute atomic E-state index is 15.1. The molecule has 0 bridgehead atoms. The zero-order chi connectivity index (χ0) is 24.8. The van der Waals surface area contributed by atoms with Crippen molar-refractivity contribution in [2.75, 3.05) is 25.6 Å². The van der Waals surface area contributed by atoms with E-state index in [1.165, 1.54) is 6.33 Å². The lowest BCUT2D eigenvalue weighted by Gasteiger charge is -2.14. The van der Waals surface area contributed by atoms with E-state index in [0.717, 1.165) is 30.5 Å². The third-order valence-corrected chi connectivity index (χ3v) is 5.63. The van der Waals surface area contributed by atoms with E-state index < -0.39 is 0 Å². The Kier molecular flexibility index (Phi) is 7.64. The molecule has 8 nitrogen and oxygen atoms in total. The second kappa shape index (κ2) is 11.0. The molecular formula is C26H29FN4O4. The average Bonchev–Trinajstić information content (AvgIpc) is 3.24. The molecule has 0 saturated carbocycles. The molecule has 0 aliphatic heterocycles. The van der Waals surface area contributed by atoms with Gasteiger partial charge in [0.25, 0.3) is 0 Å². The molecule has 9 heteroatoms. The molecule has 184 valence electrons. The molecule has 2 aromatic heterocycles. The molecule has 2 aromatic carbocycles. The fourth-order valence-corrected chi connectivity index (χ4v) is 3.93. The van der Waals surface area contributed by atoms with E-state index >= 15 is 4.39 Å². The van der Waals surface area contributed by atoms with Gasteiger partial charge >= 0.3 is 5.97 Å². The molecule has 0 aliphatic carbocycles. The number of nitrogens with zero attached hydrogens (tertiary/aromatic N) is 2. The summed E-state index contributed by atoms with van der Waals surface area (Å²) in [7, 11) is 1.56. The van der Waals surface area contributed by atoms with Gasteiger partial charge in [0, 0.05) is 34.5 Å². The Morgan fingerprint density at radius 3 is 2.74 bits per heavy atom.